The number of piperidine rings is 1. The minimum atomic E-state index is -0.0596. The molecule has 0 saturated carbocycles. The first-order valence-electron chi connectivity index (χ1n) is 6.84. The van der Waals surface area contributed by atoms with Crippen molar-refractivity contribution in [2.24, 2.45) is 5.92 Å². The molecule has 1 saturated heterocycles. The highest BCUT2D eigenvalue weighted by molar-refractivity contribution is 6.17. The Morgan fingerprint density at radius 3 is 2.68 bits per heavy atom. The maximum atomic E-state index is 12.2. The lowest BCUT2D eigenvalue weighted by Gasteiger charge is -2.31. The first-order chi connectivity index (χ1) is 9.16. The molecule has 2 aliphatic rings. The van der Waals surface area contributed by atoms with Crippen molar-refractivity contribution in [1.29, 1.82) is 0 Å². The van der Waals surface area contributed by atoms with E-state index in [1.165, 1.54) is 10.5 Å². The Hall–Kier alpha value is -1.68. The molecule has 0 unspecified atom stereocenters. The van der Waals surface area contributed by atoms with Crippen molar-refractivity contribution in [2.45, 2.75) is 32.7 Å². The van der Waals surface area contributed by atoms with Crippen LogP contribution >= 0.6 is 0 Å². The molecule has 1 fully saturated rings. The predicted molar refractivity (Wildman–Crippen MR) is 72.7 cm³/mol. The second-order valence-corrected chi connectivity index (χ2v) is 5.48. The number of fused-ring (bicyclic) bond motifs is 1. The number of hydrogen-bond donors (Lipinski definition) is 1. The van der Waals surface area contributed by atoms with Gasteiger partial charge in [-0.2, -0.15) is 0 Å². The first-order valence-corrected chi connectivity index (χ1v) is 6.84. The molecule has 4 nitrogen and oxygen atoms in total. The van der Waals surface area contributed by atoms with Crippen molar-refractivity contribution in [2.75, 3.05) is 11.4 Å². The van der Waals surface area contributed by atoms with Crippen LogP contribution in [0, 0.1) is 5.92 Å². The Balaban J connectivity index is 2.02. The van der Waals surface area contributed by atoms with E-state index in [4.69, 9.17) is 0 Å². The zero-order chi connectivity index (χ0) is 13.4. The molecule has 3 rings (SSSR count). The van der Waals surface area contributed by atoms with Crippen molar-refractivity contribution < 1.29 is 9.59 Å². The van der Waals surface area contributed by atoms with Crippen LogP contribution in [0.1, 0.15) is 30.9 Å². The Bertz CT molecular complexity index is 521. The quantitative estimate of drug-likeness (QED) is 0.779. The lowest BCUT2D eigenvalue weighted by Crippen LogP contribution is -2.44. The summed E-state index contributed by atoms with van der Waals surface area (Å²) in [6.45, 7) is 3.67. The van der Waals surface area contributed by atoms with Crippen LogP contribution in [0.4, 0.5) is 5.69 Å². The summed E-state index contributed by atoms with van der Waals surface area (Å²) in [5.41, 5.74) is 3.15. The van der Waals surface area contributed by atoms with Gasteiger partial charge >= 0.3 is 0 Å². The number of nitrogens with zero attached hydrogens (tertiary/aromatic N) is 1. The van der Waals surface area contributed by atoms with Gasteiger partial charge in [0.25, 0.3) is 0 Å². The van der Waals surface area contributed by atoms with Gasteiger partial charge in [-0.1, -0.05) is 19.1 Å². The lowest BCUT2D eigenvalue weighted by atomic mass is 9.94. The van der Waals surface area contributed by atoms with E-state index in [-0.39, 0.29) is 17.7 Å². The molecule has 4 heteroatoms. The van der Waals surface area contributed by atoms with E-state index in [1.807, 2.05) is 19.1 Å². The van der Waals surface area contributed by atoms with Crippen LogP contribution in [0.15, 0.2) is 18.2 Å². The highest BCUT2D eigenvalue weighted by Crippen LogP contribution is 2.31. The Labute approximate surface area is 112 Å². The number of amides is 2. The number of benzene rings is 1. The minimum Gasteiger partial charge on any atom is -0.312 e. The molecule has 2 heterocycles. The number of carbonyl (C=O) groups is 2. The lowest BCUT2D eigenvalue weighted by molar-refractivity contribution is -0.130. The predicted octanol–water partition coefficient (Wildman–Crippen LogP) is 1.62. The van der Waals surface area contributed by atoms with Crippen molar-refractivity contribution in [3.05, 3.63) is 29.3 Å². The molecule has 19 heavy (non-hydrogen) atoms. The maximum absolute atomic E-state index is 12.2. The van der Waals surface area contributed by atoms with E-state index in [0.29, 0.717) is 12.8 Å². The molecule has 0 atom stereocenters. The van der Waals surface area contributed by atoms with Gasteiger partial charge in [-0.3, -0.25) is 14.5 Å². The van der Waals surface area contributed by atoms with Crippen molar-refractivity contribution in [1.82, 2.24) is 5.32 Å². The molecular weight excluding hydrogens is 240 g/mol. The summed E-state index contributed by atoms with van der Waals surface area (Å²) < 4.78 is 0. The first kappa shape index (κ1) is 12.4. The average Bonchev–Trinajstić information content (AvgIpc) is 2.38. The number of nitrogens with one attached hydrogen (secondary N) is 1. The summed E-state index contributed by atoms with van der Waals surface area (Å²) in [4.78, 5) is 25.8. The second-order valence-electron chi connectivity index (χ2n) is 5.48. The van der Waals surface area contributed by atoms with Crippen LogP contribution < -0.4 is 10.2 Å². The SMILES string of the molecule is CC1CC(=O)N(c2cccc3c2CCNC3)C(=O)C1. The summed E-state index contributed by atoms with van der Waals surface area (Å²) >= 11 is 0. The van der Waals surface area contributed by atoms with Crippen molar-refractivity contribution >= 4 is 17.5 Å². The molecule has 0 spiro atoms. The summed E-state index contributed by atoms with van der Waals surface area (Å²) in [7, 11) is 0. The van der Waals surface area contributed by atoms with Crippen LogP contribution in [-0.4, -0.2) is 18.4 Å². The van der Waals surface area contributed by atoms with Crippen LogP contribution in [0.3, 0.4) is 0 Å². The molecule has 0 aromatic heterocycles. The zero-order valence-corrected chi connectivity index (χ0v) is 11.1. The van der Waals surface area contributed by atoms with E-state index in [1.54, 1.807) is 0 Å². The molecule has 2 aliphatic heterocycles. The smallest absolute Gasteiger partial charge is 0.234 e. The second kappa shape index (κ2) is 4.78. The van der Waals surface area contributed by atoms with Crippen LogP contribution in [-0.2, 0) is 22.6 Å². The van der Waals surface area contributed by atoms with Gasteiger partial charge in [-0.15, -0.1) is 0 Å². The summed E-state index contributed by atoms with van der Waals surface area (Å²) in [5, 5.41) is 3.31. The van der Waals surface area contributed by atoms with E-state index in [0.717, 1.165) is 30.8 Å². The third kappa shape index (κ3) is 2.16. The standard InChI is InChI=1S/C15H18N2O2/c1-10-7-14(18)17(15(19)8-10)13-4-2-3-11-9-16-6-5-12(11)13/h2-4,10,16H,5-9H2,1H3. The number of imide groups is 1. The summed E-state index contributed by atoms with van der Waals surface area (Å²) in [6.07, 6.45) is 1.80. The number of rotatable bonds is 1. The average molecular weight is 258 g/mol. The molecule has 1 aromatic carbocycles. The van der Waals surface area contributed by atoms with E-state index >= 15 is 0 Å². The Morgan fingerprint density at radius 1 is 1.21 bits per heavy atom. The van der Waals surface area contributed by atoms with Crippen molar-refractivity contribution in [3.63, 3.8) is 0 Å². The maximum Gasteiger partial charge on any atom is 0.234 e. The third-order valence-electron chi connectivity index (χ3n) is 3.90. The fraction of sp³-hybridized carbons (Fsp3) is 0.467. The molecule has 0 radical (unpaired) electrons. The van der Waals surface area contributed by atoms with E-state index in [2.05, 4.69) is 11.4 Å². The molecule has 2 amide bonds. The zero-order valence-electron chi connectivity index (χ0n) is 11.1. The van der Waals surface area contributed by atoms with Crippen molar-refractivity contribution in [3.8, 4) is 0 Å². The number of carbonyl (C=O) groups excluding carboxylic acids is 2. The highest BCUT2D eigenvalue weighted by atomic mass is 16.2. The minimum absolute atomic E-state index is 0.0596. The van der Waals surface area contributed by atoms with Gasteiger partial charge < -0.3 is 5.32 Å². The molecule has 100 valence electrons. The van der Waals surface area contributed by atoms with Gasteiger partial charge in [0.15, 0.2) is 0 Å². The number of hydrogen-bond acceptors (Lipinski definition) is 3. The monoisotopic (exact) mass is 258 g/mol. The van der Waals surface area contributed by atoms with Gasteiger partial charge in [-0.05, 0) is 36.1 Å². The van der Waals surface area contributed by atoms with Crippen LogP contribution in [0.2, 0.25) is 0 Å². The van der Waals surface area contributed by atoms with E-state index in [9.17, 15) is 9.59 Å². The number of anilines is 1. The van der Waals surface area contributed by atoms with Crippen LogP contribution in [0.25, 0.3) is 0 Å². The summed E-state index contributed by atoms with van der Waals surface area (Å²) in [6, 6.07) is 5.89. The Morgan fingerprint density at radius 2 is 1.95 bits per heavy atom. The van der Waals surface area contributed by atoms with Gasteiger partial charge in [0, 0.05) is 19.4 Å². The molecule has 0 bridgehead atoms. The fourth-order valence-electron chi connectivity index (χ4n) is 2.98. The highest BCUT2D eigenvalue weighted by Gasteiger charge is 2.33. The molecular formula is C15H18N2O2. The Kier molecular flexibility index (Phi) is 3.11. The normalized spacial score (nSPS) is 20.6. The topological polar surface area (TPSA) is 49.4 Å². The largest absolute Gasteiger partial charge is 0.312 e. The fourth-order valence-corrected chi connectivity index (χ4v) is 2.98. The molecule has 1 aromatic rings. The summed E-state index contributed by atoms with van der Waals surface area (Å²) in [5.74, 6) is 0.0452. The third-order valence-corrected chi connectivity index (χ3v) is 3.90. The van der Waals surface area contributed by atoms with Gasteiger partial charge in [-0.25, -0.2) is 0 Å². The van der Waals surface area contributed by atoms with Gasteiger partial charge in [0.2, 0.25) is 11.8 Å². The molecule has 0 aliphatic carbocycles. The van der Waals surface area contributed by atoms with E-state index < -0.39 is 0 Å². The molecule has 1 N–H and O–H groups in total. The van der Waals surface area contributed by atoms with Gasteiger partial charge in [0.1, 0.15) is 0 Å². The van der Waals surface area contributed by atoms with Crippen LogP contribution in [0.5, 0.6) is 0 Å². The van der Waals surface area contributed by atoms with Gasteiger partial charge in [0.05, 0.1) is 5.69 Å².